The van der Waals surface area contributed by atoms with Gasteiger partial charge in [0.25, 0.3) is 5.91 Å². The molecule has 0 aromatic rings. The Labute approximate surface area is 102 Å². The molecule has 0 aromatic heterocycles. The topological polar surface area (TPSA) is 75.6 Å². The summed E-state index contributed by atoms with van der Waals surface area (Å²) in [5.41, 5.74) is -0.856. The third-order valence-electron chi connectivity index (χ3n) is 3.01. The molecule has 0 aliphatic carbocycles. The molecule has 98 valence electrons. The molecule has 5 heteroatoms. The van der Waals surface area contributed by atoms with Gasteiger partial charge in [-0.3, -0.25) is 4.79 Å². The number of carbonyl (C=O) groups excluding carboxylic acids is 1. The zero-order valence-electron chi connectivity index (χ0n) is 10.7. The molecule has 2 atom stereocenters. The Bertz CT molecular complexity index is 295. The van der Waals surface area contributed by atoms with Crippen LogP contribution >= 0.6 is 0 Å². The highest BCUT2D eigenvalue weighted by Gasteiger charge is 2.39. The van der Waals surface area contributed by atoms with Gasteiger partial charge in [-0.05, 0) is 32.1 Å². The van der Waals surface area contributed by atoms with Crippen LogP contribution in [0.25, 0.3) is 0 Å². The number of carboxylic acid groups (broad SMARTS) is 1. The normalized spacial score (nSPS) is 25.9. The van der Waals surface area contributed by atoms with Gasteiger partial charge in [0, 0.05) is 6.61 Å². The molecule has 1 amide bonds. The summed E-state index contributed by atoms with van der Waals surface area (Å²) < 4.78 is 5.38. The third kappa shape index (κ3) is 3.70. The average molecular weight is 243 g/mol. The summed E-state index contributed by atoms with van der Waals surface area (Å²) in [6, 6.07) is -0.830. The maximum Gasteiger partial charge on any atom is 0.326 e. The van der Waals surface area contributed by atoms with Crippen molar-refractivity contribution < 1.29 is 19.4 Å². The van der Waals surface area contributed by atoms with E-state index in [9.17, 15) is 9.59 Å². The SMILES string of the molecule is CC(C)C[C@H](NC(=O)C1(C)CCCO1)C(=O)O. The van der Waals surface area contributed by atoms with E-state index >= 15 is 0 Å². The third-order valence-corrected chi connectivity index (χ3v) is 3.01. The number of aliphatic carboxylic acids is 1. The lowest BCUT2D eigenvalue weighted by Crippen LogP contribution is -2.51. The molecule has 0 radical (unpaired) electrons. The molecule has 1 unspecified atom stereocenters. The van der Waals surface area contributed by atoms with Crippen molar-refractivity contribution in [1.29, 1.82) is 0 Å². The van der Waals surface area contributed by atoms with E-state index in [1.165, 1.54) is 0 Å². The first kappa shape index (κ1) is 14.0. The summed E-state index contributed by atoms with van der Waals surface area (Å²) >= 11 is 0. The second-order valence-corrected chi connectivity index (χ2v) is 5.18. The van der Waals surface area contributed by atoms with Crippen LogP contribution in [0.15, 0.2) is 0 Å². The predicted octanol–water partition coefficient (Wildman–Crippen LogP) is 1.17. The Kier molecular flexibility index (Phi) is 4.51. The number of rotatable bonds is 5. The van der Waals surface area contributed by atoms with E-state index in [1.807, 2.05) is 13.8 Å². The number of nitrogens with one attached hydrogen (secondary N) is 1. The van der Waals surface area contributed by atoms with Crippen molar-refractivity contribution in [2.75, 3.05) is 6.61 Å². The molecule has 2 N–H and O–H groups in total. The van der Waals surface area contributed by atoms with Crippen molar-refractivity contribution in [1.82, 2.24) is 5.32 Å². The quantitative estimate of drug-likeness (QED) is 0.760. The maximum atomic E-state index is 12.0. The summed E-state index contributed by atoms with van der Waals surface area (Å²) in [5.74, 6) is -1.09. The maximum absolute atomic E-state index is 12.0. The number of hydrogen-bond donors (Lipinski definition) is 2. The van der Waals surface area contributed by atoms with Crippen molar-refractivity contribution in [2.45, 2.75) is 51.7 Å². The number of hydrogen-bond acceptors (Lipinski definition) is 3. The van der Waals surface area contributed by atoms with Crippen LogP contribution in [0.3, 0.4) is 0 Å². The fourth-order valence-electron chi connectivity index (χ4n) is 1.96. The van der Waals surface area contributed by atoms with E-state index in [4.69, 9.17) is 9.84 Å². The highest BCUT2D eigenvalue weighted by Crippen LogP contribution is 2.25. The lowest BCUT2D eigenvalue weighted by atomic mass is 9.99. The van der Waals surface area contributed by atoms with Gasteiger partial charge < -0.3 is 15.2 Å². The fraction of sp³-hybridized carbons (Fsp3) is 0.833. The van der Waals surface area contributed by atoms with Crippen LogP contribution in [-0.2, 0) is 14.3 Å². The van der Waals surface area contributed by atoms with Gasteiger partial charge in [-0.2, -0.15) is 0 Å². The zero-order valence-corrected chi connectivity index (χ0v) is 10.7. The van der Waals surface area contributed by atoms with E-state index in [0.29, 0.717) is 19.4 Å². The second kappa shape index (κ2) is 5.49. The Balaban J connectivity index is 2.60. The van der Waals surface area contributed by atoms with Gasteiger partial charge in [0.1, 0.15) is 11.6 Å². The Morgan fingerprint density at radius 3 is 2.53 bits per heavy atom. The van der Waals surface area contributed by atoms with E-state index in [1.54, 1.807) is 6.92 Å². The minimum Gasteiger partial charge on any atom is -0.480 e. The molecule has 0 bridgehead atoms. The summed E-state index contributed by atoms with van der Waals surface area (Å²) in [6.45, 7) is 6.13. The van der Waals surface area contributed by atoms with E-state index in [2.05, 4.69) is 5.32 Å². The summed E-state index contributed by atoms with van der Waals surface area (Å²) in [5, 5.41) is 11.6. The standard InChI is InChI=1S/C12H21NO4/c1-8(2)7-9(10(14)15)13-11(16)12(3)5-4-6-17-12/h8-9H,4-7H2,1-3H3,(H,13,16)(H,14,15)/t9-,12?/m0/s1. The van der Waals surface area contributed by atoms with Gasteiger partial charge >= 0.3 is 5.97 Å². The van der Waals surface area contributed by atoms with Crippen LogP contribution in [0.4, 0.5) is 0 Å². The first-order chi connectivity index (χ1) is 7.85. The minimum absolute atomic E-state index is 0.216. The van der Waals surface area contributed by atoms with Gasteiger partial charge in [-0.25, -0.2) is 4.79 Å². The first-order valence-corrected chi connectivity index (χ1v) is 6.03. The van der Waals surface area contributed by atoms with Crippen LogP contribution in [0.2, 0.25) is 0 Å². The predicted molar refractivity (Wildman–Crippen MR) is 62.6 cm³/mol. The summed E-state index contributed by atoms with van der Waals surface area (Å²) in [4.78, 5) is 23.0. The number of carboxylic acids is 1. The fourth-order valence-corrected chi connectivity index (χ4v) is 1.96. The highest BCUT2D eigenvalue weighted by molar-refractivity contribution is 5.89. The van der Waals surface area contributed by atoms with Crippen molar-refractivity contribution in [3.8, 4) is 0 Å². The lowest BCUT2D eigenvalue weighted by molar-refractivity contribution is -0.147. The van der Waals surface area contributed by atoms with Crippen molar-refractivity contribution >= 4 is 11.9 Å². The molecular formula is C12H21NO4. The molecular weight excluding hydrogens is 222 g/mol. The van der Waals surface area contributed by atoms with E-state index < -0.39 is 17.6 Å². The van der Waals surface area contributed by atoms with E-state index in [0.717, 1.165) is 6.42 Å². The van der Waals surface area contributed by atoms with Crippen molar-refractivity contribution in [3.05, 3.63) is 0 Å². The molecule has 17 heavy (non-hydrogen) atoms. The smallest absolute Gasteiger partial charge is 0.326 e. The van der Waals surface area contributed by atoms with Crippen molar-refractivity contribution in [3.63, 3.8) is 0 Å². The second-order valence-electron chi connectivity index (χ2n) is 5.18. The summed E-state index contributed by atoms with van der Waals surface area (Å²) in [7, 11) is 0. The molecule has 1 aliphatic heterocycles. The number of ether oxygens (including phenoxy) is 1. The molecule has 1 rings (SSSR count). The van der Waals surface area contributed by atoms with Crippen LogP contribution in [0, 0.1) is 5.92 Å². The summed E-state index contributed by atoms with van der Waals surface area (Å²) in [6.07, 6.45) is 1.91. The Morgan fingerprint density at radius 2 is 2.12 bits per heavy atom. The van der Waals surface area contributed by atoms with Crippen LogP contribution in [0.1, 0.15) is 40.0 Å². The highest BCUT2D eigenvalue weighted by atomic mass is 16.5. The average Bonchev–Trinajstić information content (AvgIpc) is 2.64. The molecule has 1 saturated heterocycles. The number of amides is 1. The minimum atomic E-state index is -0.992. The molecule has 1 aliphatic rings. The van der Waals surface area contributed by atoms with Gasteiger partial charge in [0.2, 0.25) is 0 Å². The van der Waals surface area contributed by atoms with Gasteiger partial charge in [-0.15, -0.1) is 0 Å². The molecule has 0 spiro atoms. The van der Waals surface area contributed by atoms with Crippen LogP contribution in [-0.4, -0.2) is 35.2 Å². The largest absolute Gasteiger partial charge is 0.480 e. The Morgan fingerprint density at radius 1 is 1.47 bits per heavy atom. The van der Waals surface area contributed by atoms with Gasteiger partial charge in [-0.1, -0.05) is 13.8 Å². The monoisotopic (exact) mass is 243 g/mol. The van der Waals surface area contributed by atoms with E-state index in [-0.39, 0.29) is 11.8 Å². The van der Waals surface area contributed by atoms with Gasteiger partial charge in [0.05, 0.1) is 0 Å². The zero-order chi connectivity index (χ0) is 13.1. The molecule has 1 heterocycles. The molecule has 0 saturated carbocycles. The lowest BCUT2D eigenvalue weighted by Gasteiger charge is -2.25. The molecule has 5 nitrogen and oxygen atoms in total. The molecule has 0 aromatic carbocycles. The van der Waals surface area contributed by atoms with Crippen LogP contribution < -0.4 is 5.32 Å². The first-order valence-electron chi connectivity index (χ1n) is 6.03. The molecule has 1 fully saturated rings. The number of carbonyl (C=O) groups is 2. The van der Waals surface area contributed by atoms with Crippen molar-refractivity contribution in [2.24, 2.45) is 5.92 Å². The van der Waals surface area contributed by atoms with Gasteiger partial charge in [0.15, 0.2) is 0 Å². The van der Waals surface area contributed by atoms with Crippen LogP contribution in [0.5, 0.6) is 0 Å². The Hall–Kier alpha value is -1.10.